The van der Waals surface area contributed by atoms with Crippen molar-refractivity contribution >= 4 is 87.5 Å². The van der Waals surface area contributed by atoms with Gasteiger partial charge in [-0.05, 0) is 236 Å². The largest absolute Gasteiger partial charge is 0.310 e. The van der Waals surface area contributed by atoms with Crippen LogP contribution in [0.25, 0.3) is 77.2 Å². The number of aryl methyl sites for hydroxylation is 4. The summed E-state index contributed by atoms with van der Waals surface area (Å²) in [5.74, 6) is 0. The maximum atomic E-state index is 3.59. The van der Waals surface area contributed by atoms with E-state index in [2.05, 4.69) is 324 Å². The van der Waals surface area contributed by atoms with Gasteiger partial charge in [-0.1, -0.05) is 177 Å². The summed E-state index contributed by atoms with van der Waals surface area (Å²) in [7, 11) is 0. The van der Waals surface area contributed by atoms with Gasteiger partial charge in [-0.3, -0.25) is 0 Å². The van der Waals surface area contributed by atoms with Crippen LogP contribution < -0.4 is 9.80 Å². The van der Waals surface area contributed by atoms with Crippen LogP contribution in [0.4, 0.5) is 34.1 Å². The molecule has 0 amide bonds. The molecule has 0 saturated carbocycles. The maximum Gasteiger partial charge on any atom is 0.0467 e. The summed E-state index contributed by atoms with van der Waals surface area (Å²) in [6, 6.07) is 93.5. The lowest BCUT2D eigenvalue weighted by Crippen LogP contribution is -2.10. The average molecular weight is 1110 g/mol. The zero-order valence-corrected chi connectivity index (χ0v) is 46.1. The summed E-state index contributed by atoms with van der Waals surface area (Å²) in [6.45, 7) is 8.85. The molecule has 0 aliphatic heterocycles. The van der Waals surface area contributed by atoms with E-state index in [-0.39, 0.29) is 0 Å². The van der Waals surface area contributed by atoms with Crippen LogP contribution in [-0.4, -0.2) is 0 Å². The van der Waals surface area contributed by atoms with E-state index in [1.807, 2.05) is 0 Å². The molecule has 0 radical (unpaired) electrons. The van der Waals surface area contributed by atoms with E-state index < -0.39 is 0 Å². The fraction of sp³-hybridized carbons (Fsp3) is 0.0556. The van der Waals surface area contributed by atoms with Crippen molar-refractivity contribution in [2.24, 2.45) is 0 Å². The van der Waals surface area contributed by atoms with Crippen molar-refractivity contribution in [1.29, 1.82) is 0 Å². The smallest absolute Gasteiger partial charge is 0.0467 e. The van der Waals surface area contributed by atoms with E-state index in [0.717, 1.165) is 54.2 Å². The van der Waals surface area contributed by atoms with Gasteiger partial charge in [-0.2, -0.15) is 0 Å². The Morgan fingerprint density at radius 1 is 0.250 bits per heavy atom. The molecule has 0 N–H and O–H groups in total. The summed E-state index contributed by atoms with van der Waals surface area (Å²) < 4.78 is 2.15. The highest BCUT2D eigenvalue weighted by Crippen LogP contribution is 2.44. The molecule has 0 aliphatic carbocycles. The number of halogens is 2. The third kappa shape index (κ3) is 9.79. The lowest BCUT2D eigenvalue weighted by molar-refractivity contribution is 1.27. The molecule has 0 bridgehead atoms. The molecule has 366 valence electrons. The summed E-state index contributed by atoms with van der Waals surface area (Å²) in [5.41, 5.74) is 23.5. The van der Waals surface area contributed by atoms with Gasteiger partial charge < -0.3 is 9.80 Å². The van der Waals surface area contributed by atoms with E-state index >= 15 is 0 Å². The summed E-state index contributed by atoms with van der Waals surface area (Å²) in [4.78, 5) is 4.74. The maximum absolute atomic E-state index is 3.59. The van der Waals surface area contributed by atoms with E-state index in [1.165, 1.54) is 88.3 Å². The SMILES string of the molecule is Cc1cccc(N(c2ccc(-c3ccc(Br)cc3)cc2)c2cccc(-c3ccc4ccc(C)c(-c5c(C)ccc6ccc(-c7cccc(N(c8ccc(-c9ccc(Br)cc9)cc8)c8cccc(C)c8)c7)cc56)c4c3)c2)c1. The van der Waals surface area contributed by atoms with Crippen LogP contribution >= 0.6 is 31.9 Å². The Morgan fingerprint density at radius 2 is 0.553 bits per heavy atom. The minimum Gasteiger partial charge on any atom is -0.310 e. The number of benzene rings is 12. The average Bonchev–Trinajstić information content (AvgIpc) is 3.44. The second-order valence-corrected chi connectivity index (χ2v) is 21.8. The second kappa shape index (κ2) is 20.8. The lowest BCUT2D eigenvalue weighted by Gasteiger charge is -2.26. The van der Waals surface area contributed by atoms with Crippen LogP contribution in [0, 0.1) is 27.7 Å². The highest BCUT2D eigenvalue weighted by atomic mass is 79.9. The van der Waals surface area contributed by atoms with Crippen molar-refractivity contribution in [3.63, 3.8) is 0 Å². The first kappa shape index (κ1) is 48.6. The van der Waals surface area contributed by atoms with Crippen LogP contribution in [0.15, 0.2) is 264 Å². The van der Waals surface area contributed by atoms with Crippen LogP contribution in [0.5, 0.6) is 0 Å². The summed E-state index contributed by atoms with van der Waals surface area (Å²) >= 11 is 7.19. The molecular weight excluding hydrogens is 1050 g/mol. The van der Waals surface area contributed by atoms with Gasteiger partial charge in [0.05, 0.1) is 0 Å². The lowest BCUT2D eigenvalue weighted by atomic mass is 9.86. The first-order valence-electron chi connectivity index (χ1n) is 25.8. The van der Waals surface area contributed by atoms with Crippen LogP contribution in [0.1, 0.15) is 22.3 Å². The number of hydrogen-bond donors (Lipinski definition) is 0. The number of anilines is 6. The Balaban J connectivity index is 0.929. The molecule has 12 rings (SSSR count). The third-order valence-corrected chi connectivity index (χ3v) is 15.8. The van der Waals surface area contributed by atoms with E-state index in [0.29, 0.717) is 0 Å². The van der Waals surface area contributed by atoms with E-state index in [4.69, 9.17) is 0 Å². The molecular formula is C72H54Br2N2. The van der Waals surface area contributed by atoms with Gasteiger partial charge in [0.15, 0.2) is 0 Å². The van der Waals surface area contributed by atoms with Crippen molar-refractivity contribution in [2.75, 3.05) is 9.80 Å². The van der Waals surface area contributed by atoms with Crippen molar-refractivity contribution in [2.45, 2.75) is 27.7 Å². The molecule has 0 spiro atoms. The Bertz CT molecular complexity index is 3830. The van der Waals surface area contributed by atoms with Crippen molar-refractivity contribution < 1.29 is 0 Å². The zero-order valence-electron chi connectivity index (χ0n) is 42.9. The first-order chi connectivity index (χ1) is 37.1. The molecule has 2 nitrogen and oxygen atoms in total. The van der Waals surface area contributed by atoms with Gasteiger partial charge in [0, 0.05) is 43.1 Å². The van der Waals surface area contributed by atoms with Crippen LogP contribution in [0.2, 0.25) is 0 Å². The molecule has 0 atom stereocenters. The molecule has 0 unspecified atom stereocenters. The Hall–Kier alpha value is -8.28. The Labute approximate surface area is 463 Å². The van der Waals surface area contributed by atoms with Gasteiger partial charge in [-0.25, -0.2) is 0 Å². The minimum atomic E-state index is 1.07. The highest BCUT2D eigenvalue weighted by Gasteiger charge is 2.19. The van der Waals surface area contributed by atoms with Crippen molar-refractivity contribution in [3.05, 3.63) is 286 Å². The number of hydrogen-bond acceptors (Lipinski definition) is 2. The topological polar surface area (TPSA) is 6.48 Å². The fourth-order valence-corrected chi connectivity index (χ4v) is 11.4. The first-order valence-corrected chi connectivity index (χ1v) is 27.4. The van der Waals surface area contributed by atoms with Gasteiger partial charge in [0.25, 0.3) is 0 Å². The number of rotatable bonds is 11. The molecule has 4 heteroatoms. The predicted molar refractivity (Wildman–Crippen MR) is 332 cm³/mol. The zero-order chi connectivity index (χ0) is 51.9. The van der Waals surface area contributed by atoms with Crippen molar-refractivity contribution in [3.8, 4) is 55.6 Å². The predicted octanol–water partition coefficient (Wildman–Crippen LogP) is 22.0. The third-order valence-electron chi connectivity index (χ3n) is 14.7. The molecule has 12 aromatic carbocycles. The fourth-order valence-electron chi connectivity index (χ4n) is 10.8. The quantitative estimate of drug-likeness (QED) is 0.127. The van der Waals surface area contributed by atoms with E-state index in [1.54, 1.807) is 0 Å². The molecule has 0 aromatic heterocycles. The molecule has 0 aliphatic rings. The van der Waals surface area contributed by atoms with Gasteiger partial charge >= 0.3 is 0 Å². The minimum absolute atomic E-state index is 1.07. The number of fused-ring (bicyclic) bond motifs is 2. The summed E-state index contributed by atoms with van der Waals surface area (Å²) in [5, 5.41) is 4.91. The Morgan fingerprint density at radius 3 is 0.921 bits per heavy atom. The van der Waals surface area contributed by atoms with Crippen molar-refractivity contribution in [1.82, 2.24) is 0 Å². The molecule has 0 fully saturated rings. The molecule has 0 saturated heterocycles. The highest BCUT2D eigenvalue weighted by molar-refractivity contribution is 9.10. The molecule has 0 heterocycles. The van der Waals surface area contributed by atoms with Gasteiger partial charge in [-0.15, -0.1) is 0 Å². The van der Waals surface area contributed by atoms with Gasteiger partial charge in [0.2, 0.25) is 0 Å². The van der Waals surface area contributed by atoms with Crippen LogP contribution in [0.3, 0.4) is 0 Å². The molecule has 12 aromatic rings. The monoisotopic (exact) mass is 1100 g/mol. The van der Waals surface area contributed by atoms with Gasteiger partial charge in [0.1, 0.15) is 0 Å². The second-order valence-electron chi connectivity index (χ2n) is 19.9. The standard InChI is InChI=1S/C72H54Br2N2/c1-47-9-5-13-65(41-47)75(63-37-29-53(30-38-63)51-25-33-61(73)34-26-51)67-15-7-11-57(43-67)59-23-21-55-19-17-49(3)71(69(55)45-59)72-50(4)18-20-56-22-24-60(46-70(56)72)58-12-8-16-68(44-58)76(66-14-6-10-48(2)42-66)64-39-31-54(32-40-64)52-27-35-62(74)36-28-52/h5-46H,1-4H3. The molecule has 76 heavy (non-hydrogen) atoms. The van der Waals surface area contributed by atoms with Crippen LogP contribution in [-0.2, 0) is 0 Å². The van der Waals surface area contributed by atoms with E-state index in [9.17, 15) is 0 Å². The number of nitrogens with zero attached hydrogens (tertiary/aromatic N) is 2. The summed E-state index contributed by atoms with van der Waals surface area (Å²) in [6.07, 6.45) is 0. The Kier molecular flexibility index (Phi) is 13.3. The normalized spacial score (nSPS) is 11.3.